The molecule has 3 heteroatoms. The molecule has 2 aliphatic rings. The second-order valence-corrected chi connectivity index (χ2v) is 5.30. The highest BCUT2D eigenvalue weighted by Gasteiger charge is 2.22. The lowest BCUT2D eigenvalue weighted by atomic mass is 10.1. The maximum Gasteiger partial charge on any atom is 0.220 e. The first kappa shape index (κ1) is 11.9. The Hall–Kier alpha value is -0.570. The molecule has 16 heavy (non-hydrogen) atoms. The summed E-state index contributed by atoms with van der Waals surface area (Å²) in [5.74, 6) is 1.14. The molecular weight excluding hydrogens is 200 g/mol. The molecule has 0 spiro atoms. The van der Waals surface area contributed by atoms with Gasteiger partial charge in [-0.25, -0.2) is 0 Å². The van der Waals surface area contributed by atoms with Gasteiger partial charge in [-0.15, -0.1) is 0 Å². The first-order chi connectivity index (χ1) is 7.84. The summed E-state index contributed by atoms with van der Waals surface area (Å²) in [5, 5.41) is 6.49. The molecule has 0 aromatic rings. The van der Waals surface area contributed by atoms with Gasteiger partial charge in [0.2, 0.25) is 5.91 Å². The van der Waals surface area contributed by atoms with Crippen LogP contribution < -0.4 is 10.6 Å². The van der Waals surface area contributed by atoms with Crippen molar-refractivity contribution in [2.45, 2.75) is 57.4 Å². The standard InChI is InChI=1S/C13H24N2O/c16-13(15-12-7-8-12)6-3-9-14-10-11-4-1-2-5-11/h11-12,14H,1-10H2,(H,15,16). The van der Waals surface area contributed by atoms with E-state index in [4.69, 9.17) is 0 Å². The van der Waals surface area contributed by atoms with Gasteiger partial charge in [0.25, 0.3) is 0 Å². The van der Waals surface area contributed by atoms with Crippen molar-refractivity contribution in [1.82, 2.24) is 10.6 Å². The van der Waals surface area contributed by atoms with Gasteiger partial charge in [-0.1, -0.05) is 12.8 Å². The van der Waals surface area contributed by atoms with Gasteiger partial charge in [0.15, 0.2) is 0 Å². The molecule has 2 fully saturated rings. The Morgan fingerprint density at radius 1 is 1.12 bits per heavy atom. The van der Waals surface area contributed by atoms with Crippen LogP contribution in [0.4, 0.5) is 0 Å². The predicted octanol–water partition coefficient (Wildman–Crippen LogP) is 1.82. The lowest BCUT2D eigenvalue weighted by Crippen LogP contribution is -2.27. The summed E-state index contributed by atoms with van der Waals surface area (Å²) in [6.45, 7) is 2.15. The van der Waals surface area contributed by atoms with E-state index in [9.17, 15) is 4.79 Å². The van der Waals surface area contributed by atoms with Crippen molar-refractivity contribution in [3.63, 3.8) is 0 Å². The highest BCUT2D eigenvalue weighted by molar-refractivity contribution is 5.76. The molecular formula is C13H24N2O. The fourth-order valence-corrected chi connectivity index (χ4v) is 2.42. The summed E-state index contributed by atoms with van der Waals surface area (Å²) in [5.41, 5.74) is 0. The van der Waals surface area contributed by atoms with Gasteiger partial charge >= 0.3 is 0 Å². The van der Waals surface area contributed by atoms with E-state index < -0.39 is 0 Å². The molecule has 0 saturated heterocycles. The van der Waals surface area contributed by atoms with Crippen molar-refractivity contribution in [3.8, 4) is 0 Å². The van der Waals surface area contributed by atoms with Crippen molar-refractivity contribution < 1.29 is 4.79 Å². The smallest absolute Gasteiger partial charge is 0.220 e. The van der Waals surface area contributed by atoms with E-state index in [1.807, 2.05) is 0 Å². The zero-order valence-corrected chi connectivity index (χ0v) is 10.1. The van der Waals surface area contributed by atoms with Gasteiger partial charge in [-0.05, 0) is 51.1 Å². The maximum absolute atomic E-state index is 11.4. The summed E-state index contributed by atoms with van der Waals surface area (Å²) in [4.78, 5) is 11.4. The predicted molar refractivity (Wildman–Crippen MR) is 65.2 cm³/mol. The number of hydrogen-bond acceptors (Lipinski definition) is 2. The molecule has 92 valence electrons. The zero-order chi connectivity index (χ0) is 11.2. The van der Waals surface area contributed by atoms with Crippen LogP contribution in [0.1, 0.15) is 51.4 Å². The summed E-state index contributed by atoms with van der Waals surface area (Å²) < 4.78 is 0. The fraction of sp³-hybridized carbons (Fsp3) is 0.923. The number of amides is 1. The highest BCUT2D eigenvalue weighted by Crippen LogP contribution is 2.23. The van der Waals surface area contributed by atoms with E-state index in [-0.39, 0.29) is 5.91 Å². The maximum atomic E-state index is 11.4. The molecule has 0 unspecified atom stereocenters. The topological polar surface area (TPSA) is 41.1 Å². The van der Waals surface area contributed by atoms with Gasteiger partial charge in [0.05, 0.1) is 0 Å². The number of carbonyl (C=O) groups excluding carboxylic acids is 1. The minimum Gasteiger partial charge on any atom is -0.353 e. The summed E-state index contributed by atoms with van der Waals surface area (Å²) in [6.07, 6.45) is 9.66. The Balaban J connectivity index is 1.40. The van der Waals surface area contributed by atoms with Crippen LogP contribution in [-0.2, 0) is 4.79 Å². The molecule has 2 aliphatic carbocycles. The van der Waals surface area contributed by atoms with Crippen LogP contribution in [0, 0.1) is 5.92 Å². The molecule has 2 rings (SSSR count). The van der Waals surface area contributed by atoms with Crippen LogP contribution in [0.15, 0.2) is 0 Å². The molecule has 0 aliphatic heterocycles. The van der Waals surface area contributed by atoms with Crippen LogP contribution >= 0.6 is 0 Å². The van der Waals surface area contributed by atoms with Gasteiger partial charge in [-0.2, -0.15) is 0 Å². The minimum atomic E-state index is 0.241. The largest absolute Gasteiger partial charge is 0.353 e. The van der Waals surface area contributed by atoms with Gasteiger partial charge < -0.3 is 10.6 Å². The molecule has 0 aromatic carbocycles. The normalized spacial score (nSPS) is 21.2. The fourth-order valence-electron chi connectivity index (χ4n) is 2.42. The zero-order valence-electron chi connectivity index (χ0n) is 10.1. The molecule has 0 heterocycles. The molecule has 2 N–H and O–H groups in total. The van der Waals surface area contributed by atoms with Crippen LogP contribution in [0.3, 0.4) is 0 Å². The Labute approximate surface area is 98.4 Å². The minimum absolute atomic E-state index is 0.241. The molecule has 0 radical (unpaired) electrons. The third-order valence-electron chi connectivity index (χ3n) is 3.61. The van der Waals surface area contributed by atoms with Gasteiger partial charge in [-0.3, -0.25) is 4.79 Å². The monoisotopic (exact) mass is 224 g/mol. The van der Waals surface area contributed by atoms with Crippen LogP contribution in [-0.4, -0.2) is 25.0 Å². The Morgan fingerprint density at radius 2 is 1.88 bits per heavy atom. The summed E-state index contributed by atoms with van der Waals surface area (Å²) in [6, 6.07) is 0.513. The van der Waals surface area contributed by atoms with Crippen molar-refractivity contribution in [1.29, 1.82) is 0 Å². The first-order valence-electron chi connectivity index (χ1n) is 6.84. The van der Waals surface area contributed by atoms with Crippen molar-refractivity contribution in [2.75, 3.05) is 13.1 Å². The third-order valence-corrected chi connectivity index (χ3v) is 3.61. The van der Waals surface area contributed by atoms with E-state index in [0.717, 1.165) is 25.4 Å². The van der Waals surface area contributed by atoms with Crippen molar-refractivity contribution in [2.24, 2.45) is 5.92 Å². The van der Waals surface area contributed by atoms with Gasteiger partial charge in [0.1, 0.15) is 0 Å². The first-order valence-corrected chi connectivity index (χ1v) is 6.84. The third kappa shape index (κ3) is 4.52. The molecule has 3 nitrogen and oxygen atoms in total. The van der Waals surface area contributed by atoms with Crippen LogP contribution in [0.25, 0.3) is 0 Å². The summed E-state index contributed by atoms with van der Waals surface area (Å²) in [7, 11) is 0. The lowest BCUT2D eigenvalue weighted by molar-refractivity contribution is -0.121. The van der Waals surface area contributed by atoms with Crippen LogP contribution in [0.2, 0.25) is 0 Å². The second-order valence-electron chi connectivity index (χ2n) is 5.30. The van der Waals surface area contributed by atoms with E-state index in [1.54, 1.807) is 0 Å². The van der Waals surface area contributed by atoms with E-state index in [0.29, 0.717) is 12.5 Å². The summed E-state index contributed by atoms with van der Waals surface area (Å²) >= 11 is 0. The van der Waals surface area contributed by atoms with Crippen molar-refractivity contribution >= 4 is 5.91 Å². The SMILES string of the molecule is O=C(CCCNCC1CCCC1)NC1CC1. The van der Waals surface area contributed by atoms with E-state index >= 15 is 0 Å². The van der Waals surface area contributed by atoms with Crippen molar-refractivity contribution in [3.05, 3.63) is 0 Å². The molecule has 0 bridgehead atoms. The van der Waals surface area contributed by atoms with Gasteiger partial charge in [0, 0.05) is 12.5 Å². The average molecular weight is 224 g/mol. The Kier molecular flexibility index (Phi) is 4.64. The number of nitrogens with one attached hydrogen (secondary N) is 2. The Morgan fingerprint density at radius 3 is 2.56 bits per heavy atom. The molecule has 1 amide bonds. The Bertz CT molecular complexity index is 220. The number of hydrogen-bond donors (Lipinski definition) is 2. The highest BCUT2D eigenvalue weighted by atomic mass is 16.1. The lowest BCUT2D eigenvalue weighted by Gasteiger charge is -2.10. The van der Waals surface area contributed by atoms with Crippen LogP contribution in [0.5, 0.6) is 0 Å². The molecule has 0 aromatic heterocycles. The number of carbonyl (C=O) groups is 1. The van der Waals surface area contributed by atoms with E-state index in [2.05, 4.69) is 10.6 Å². The molecule has 2 saturated carbocycles. The average Bonchev–Trinajstić information content (AvgIpc) is 2.93. The quantitative estimate of drug-likeness (QED) is 0.648. The molecule has 0 atom stereocenters. The second kappa shape index (κ2) is 6.24. The van der Waals surface area contributed by atoms with E-state index in [1.165, 1.54) is 38.5 Å². The number of rotatable bonds is 7.